The van der Waals surface area contributed by atoms with Crippen LogP contribution in [0.15, 0.2) is 36.4 Å². The Morgan fingerprint density at radius 3 is 2.26 bits per heavy atom. The van der Waals surface area contributed by atoms with Gasteiger partial charge in [0.2, 0.25) is 0 Å². The lowest BCUT2D eigenvalue weighted by Crippen LogP contribution is -2.41. The van der Waals surface area contributed by atoms with E-state index in [0.29, 0.717) is 35.5 Å². The zero-order chi connectivity index (χ0) is 23.0. The molecule has 1 unspecified atom stereocenters. The van der Waals surface area contributed by atoms with Gasteiger partial charge in [-0.05, 0) is 61.6 Å². The molecule has 7 heteroatoms. The van der Waals surface area contributed by atoms with Gasteiger partial charge in [0.15, 0.2) is 12.7 Å². The van der Waals surface area contributed by atoms with Gasteiger partial charge >= 0.3 is 0 Å². The van der Waals surface area contributed by atoms with Crippen molar-refractivity contribution in [2.45, 2.75) is 46.6 Å². The SMILES string of the molecule is Cc1cc(OCC(=O)NCCNC(=O)C(C)Oc2ccccc2C(C)C)cc(C)c1Cl. The van der Waals surface area contributed by atoms with Gasteiger partial charge in [-0.2, -0.15) is 0 Å². The minimum absolute atomic E-state index is 0.111. The zero-order valence-electron chi connectivity index (χ0n) is 18.8. The third-order valence-corrected chi connectivity index (χ3v) is 5.34. The molecule has 168 valence electrons. The molecule has 2 amide bonds. The maximum absolute atomic E-state index is 12.3. The predicted molar refractivity (Wildman–Crippen MR) is 123 cm³/mol. The van der Waals surface area contributed by atoms with Crippen molar-refractivity contribution >= 4 is 23.4 Å². The van der Waals surface area contributed by atoms with Crippen LogP contribution in [0.25, 0.3) is 0 Å². The van der Waals surface area contributed by atoms with E-state index < -0.39 is 6.10 Å². The molecule has 0 aliphatic rings. The average molecular weight is 447 g/mol. The summed E-state index contributed by atoms with van der Waals surface area (Å²) in [5.41, 5.74) is 2.85. The van der Waals surface area contributed by atoms with Gasteiger partial charge in [-0.1, -0.05) is 43.6 Å². The number of rotatable bonds is 10. The Kier molecular flexibility index (Phi) is 9.19. The zero-order valence-corrected chi connectivity index (χ0v) is 19.5. The van der Waals surface area contributed by atoms with Crippen LogP contribution in [-0.2, 0) is 9.59 Å². The van der Waals surface area contributed by atoms with Crippen LogP contribution in [0.4, 0.5) is 0 Å². The topological polar surface area (TPSA) is 76.7 Å². The number of aryl methyl sites for hydroxylation is 2. The van der Waals surface area contributed by atoms with Gasteiger partial charge < -0.3 is 20.1 Å². The van der Waals surface area contributed by atoms with Crippen molar-refractivity contribution in [1.82, 2.24) is 10.6 Å². The number of hydrogen-bond acceptors (Lipinski definition) is 4. The molecule has 0 spiro atoms. The molecule has 2 N–H and O–H groups in total. The maximum Gasteiger partial charge on any atom is 0.260 e. The van der Waals surface area contributed by atoms with Crippen molar-refractivity contribution in [3.8, 4) is 11.5 Å². The second kappa shape index (κ2) is 11.6. The first kappa shape index (κ1) is 24.5. The third-order valence-electron chi connectivity index (χ3n) is 4.74. The lowest BCUT2D eigenvalue weighted by Gasteiger charge is -2.18. The highest BCUT2D eigenvalue weighted by atomic mass is 35.5. The molecule has 2 aromatic rings. The van der Waals surface area contributed by atoms with E-state index in [4.69, 9.17) is 21.1 Å². The number of benzene rings is 2. The van der Waals surface area contributed by atoms with Crippen LogP contribution in [0, 0.1) is 13.8 Å². The fourth-order valence-corrected chi connectivity index (χ4v) is 3.14. The van der Waals surface area contributed by atoms with Gasteiger partial charge in [0.05, 0.1) is 0 Å². The fourth-order valence-electron chi connectivity index (χ4n) is 3.03. The molecular weight excluding hydrogens is 416 g/mol. The van der Waals surface area contributed by atoms with Crippen molar-refractivity contribution in [2.24, 2.45) is 0 Å². The Morgan fingerprint density at radius 2 is 1.61 bits per heavy atom. The van der Waals surface area contributed by atoms with Gasteiger partial charge in [-0.3, -0.25) is 9.59 Å². The average Bonchev–Trinajstić information content (AvgIpc) is 2.73. The molecule has 0 radical (unpaired) electrons. The number of para-hydroxylation sites is 1. The molecule has 2 aromatic carbocycles. The first-order valence-corrected chi connectivity index (χ1v) is 10.8. The molecular formula is C24H31ClN2O4. The van der Waals surface area contributed by atoms with E-state index in [0.717, 1.165) is 16.7 Å². The van der Waals surface area contributed by atoms with Gasteiger partial charge in [-0.25, -0.2) is 0 Å². The van der Waals surface area contributed by atoms with Crippen LogP contribution >= 0.6 is 11.6 Å². The summed E-state index contributed by atoms with van der Waals surface area (Å²) in [5, 5.41) is 6.18. The summed E-state index contributed by atoms with van der Waals surface area (Å²) in [6.07, 6.45) is -0.643. The normalized spacial score (nSPS) is 11.7. The van der Waals surface area contributed by atoms with Crippen LogP contribution in [0.2, 0.25) is 5.02 Å². The lowest BCUT2D eigenvalue weighted by atomic mass is 10.0. The first-order valence-electron chi connectivity index (χ1n) is 10.4. The van der Waals surface area contributed by atoms with Gasteiger partial charge in [0, 0.05) is 18.1 Å². The summed E-state index contributed by atoms with van der Waals surface area (Å²) in [6, 6.07) is 11.3. The number of nitrogens with one attached hydrogen (secondary N) is 2. The molecule has 0 heterocycles. The summed E-state index contributed by atoms with van der Waals surface area (Å²) in [4.78, 5) is 24.3. The molecule has 0 saturated carbocycles. The van der Waals surface area contributed by atoms with Crippen LogP contribution in [0.3, 0.4) is 0 Å². The van der Waals surface area contributed by atoms with Gasteiger partial charge in [0.25, 0.3) is 11.8 Å². The molecule has 31 heavy (non-hydrogen) atoms. The molecule has 0 aromatic heterocycles. The second-order valence-corrected chi connectivity index (χ2v) is 8.13. The summed E-state index contributed by atoms with van der Waals surface area (Å²) in [6.45, 7) is 10.1. The summed E-state index contributed by atoms with van der Waals surface area (Å²) in [5.74, 6) is 1.09. The first-order chi connectivity index (χ1) is 14.7. The number of hydrogen-bond donors (Lipinski definition) is 2. The molecule has 0 saturated heterocycles. The quantitative estimate of drug-likeness (QED) is 0.537. The number of carbonyl (C=O) groups is 2. The van der Waals surface area contributed by atoms with E-state index in [1.54, 1.807) is 19.1 Å². The number of ether oxygens (including phenoxy) is 2. The Labute approximate surface area is 189 Å². The second-order valence-electron chi connectivity index (χ2n) is 7.75. The summed E-state index contributed by atoms with van der Waals surface area (Å²) < 4.78 is 11.4. The number of amides is 2. The standard InChI is InChI=1S/C24H31ClN2O4/c1-15(2)20-8-6-7-9-21(20)31-18(5)24(29)27-11-10-26-22(28)14-30-19-12-16(3)23(25)17(4)13-19/h6-9,12-13,15,18H,10-11,14H2,1-5H3,(H,26,28)(H,27,29). The minimum atomic E-state index is -0.643. The van der Waals surface area contributed by atoms with E-state index >= 15 is 0 Å². The van der Waals surface area contributed by atoms with Crippen LogP contribution in [-0.4, -0.2) is 37.6 Å². The highest BCUT2D eigenvalue weighted by molar-refractivity contribution is 6.32. The predicted octanol–water partition coefficient (Wildman–Crippen LogP) is 4.16. The van der Waals surface area contributed by atoms with Crippen molar-refractivity contribution in [2.75, 3.05) is 19.7 Å². The highest BCUT2D eigenvalue weighted by Gasteiger charge is 2.17. The van der Waals surface area contributed by atoms with E-state index in [-0.39, 0.29) is 18.4 Å². The Hall–Kier alpha value is -2.73. The lowest BCUT2D eigenvalue weighted by molar-refractivity contribution is -0.127. The fraction of sp³-hybridized carbons (Fsp3) is 0.417. The highest BCUT2D eigenvalue weighted by Crippen LogP contribution is 2.27. The maximum atomic E-state index is 12.3. The van der Waals surface area contributed by atoms with E-state index in [1.165, 1.54) is 0 Å². The van der Waals surface area contributed by atoms with Crippen molar-refractivity contribution < 1.29 is 19.1 Å². The van der Waals surface area contributed by atoms with Crippen LogP contribution in [0.5, 0.6) is 11.5 Å². The van der Waals surface area contributed by atoms with Crippen LogP contribution in [0.1, 0.15) is 43.4 Å². The molecule has 6 nitrogen and oxygen atoms in total. The number of halogens is 1. The van der Waals surface area contributed by atoms with Gasteiger partial charge in [-0.15, -0.1) is 0 Å². The number of carbonyl (C=O) groups excluding carboxylic acids is 2. The molecule has 0 fully saturated rings. The minimum Gasteiger partial charge on any atom is -0.484 e. The van der Waals surface area contributed by atoms with Crippen LogP contribution < -0.4 is 20.1 Å². The Morgan fingerprint density at radius 1 is 1.00 bits per heavy atom. The monoisotopic (exact) mass is 446 g/mol. The van der Waals surface area contributed by atoms with E-state index in [2.05, 4.69) is 24.5 Å². The summed E-state index contributed by atoms with van der Waals surface area (Å²) >= 11 is 6.13. The Balaban J connectivity index is 1.71. The third kappa shape index (κ3) is 7.47. The van der Waals surface area contributed by atoms with Crippen molar-refractivity contribution in [3.05, 3.63) is 58.1 Å². The van der Waals surface area contributed by atoms with Crippen molar-refractivity contribution in [3.63, 3.8) is 0 Å². The molecule has 2 rings (SSSR count). The molecule has 0 bridgehead atoms. The molecule has 0 aliphatic carbocycles. The largest absolute Gasteiger partial charge is 0.484 e. The summed E-state index contributed by atoms with van der Waals surface area (Å²) in [7, 11) is 0. The molecule has 1 atom stereocenters. The Bertz CT molecular complexity index is 891. The molecule has 0 aliphatic heterocycles. The van der Waals surface area contributed by atoms with E-state index in [9.17, 15) is 9.59 Å². The smallest absolute Gasteiger partial charge is 0.260 e. The van der Waals surface area contributed by atoms with E-state index in [1.807, 2.05) is 38.1 Å². The van der Waals surface area contributed by atoms with Gasteiger partial charge in [0.1, 0.15) is 11.5 Å². The van der Waals surface area contributed by atoms with Crippen molar-refractivity contribution in [1.29, 1.82) is 0 Å².